The molecule has 0 aromatic heterocycles. The number of para-hydroxylation sites is 1. The molecular formula is C36H38N2. The van der Waals surface area contributed by atoms with Gasteiger partial charge in [-0.15, -0.1) is 0 Å². The molecule has 1 unspecified atom stereocenters. The Kier molecular flexibility index (Phi) is 7.33. The fourth-order valence-corrected chi connectivity index (χ4v) is 5.48. The summed E-state index contributed by atoms with van der Waals surface area (Å²) < 4.78 is 0. The Balaban J connectivity index is 1.67. The lowest BCUT2D eigenvalue weighted by Gasteiger charge is -2.28. The summed E-state index contributed by atoms with van der Waals surface area (Å²) >= 11 is 0. The molecule has 5 aromatic carbocycles. The van der Waals surface area contributed by atoms with Crippen molar-refractivity contribution >= 4 is 38.6 Å². The lowest BCUT2D eigenvalue weighted by molar-refractivity contribution is 0.828. The van der Waals surface area contributed by atoms with Crippen molar-refractivity contribution in [2.24, 2.45) is 4.99 Å². The second kappa shape index (κ2) is 10.8. The van der Waals surface area contributed by atoms with Crippen LogP contribution in [0.1, 0.15) is 74.8 Å². The first-order chi connectivity index (χ1) is 18.3. The molecule has 1 N–H and O–H groups in total. The minimum Gasteiger partial charge on any atom is -0.373 e. The zero-order valence-corrected chi connectivity index (χ0v) is 23.4. The van der Waals surface area contributed by atoms with Gasteiger partial charge in [0, 0.05) is 16.8 Å². The Morgan fingerprint density at radius 2 is 1.18 bits per heavy atom. The van der Waals surface area contributed by atoms with Crippen molar-refractivity contribution in [3.8, 4) is 0 Å². The fraction of sp³-hybridized carbons (Fsp3) is 0.250. The van der Waals surface area contributed by atoms with E-state index in [1.54, 1.807) is 0 Å². The predicted octanol–water partition coefficient (Wildman–Crippen LogP) is 10.5. The highest BCUT2D eigenvalue weighted by atomic mass is 15.0. The average Bonchev–Trinajstić information content (AvgIpc) is 2.91. The van der Waals surface area contributed by atoms with Crippen LogP contribution in [0.2, 0.25) is 0 Å². The van der Waals surface area contributed by atoms with Crippen molar-refractivity contribution < 1.29 is 0 Å². The van der Waals surface area contributed by atoms with E-state index in [1.165, 1.54) is 49.5 Å². The normalized spacial score (nSPS) is 13.0. The lowest BCUT2D eigenvalue weighted by Crippen LogP contribution is -2.22. The van der Waals surface area contributed by atoms with Crippen LogP contribution in [0.25, 0.3) is 21.5 Å². The van der Waals surface area contributed by atoms with Gasteiger partial charge in [-0.3, -0.25) is 4.99 Å². The van der Waals surface area contributed by atoms with E-state index in [9.17, 15) is 0 Å². The summed E-state index contributed by atoms with van der Waals surface area (Å²) in [6.07, 6.45) is 0. The van der Waals surface area contributed by atoms with Crippen LogP contribution in [-0.4, -0.2) is 5.71 Å². The minimum atomic E-state index is -0.0516. The van der Waals surface area contributed by atoms with Crippen LogP contribution < -0.4 is 5.32 Å². The molecular weight excluding hydrogens is 460 g/mol. The quantitative estimate of drug-likeness (QED) is 0.175. The molecule has 192 valence electrons. The number of rotatable bonds is 7. The summed E-state index contributed by atoms with van der Waals surface area (Å²) in [5, 5.41) is 8.89. The third-order valence-electron chi connectivity index (χ3n) is 7.60. The van der Waals surface area contributed by atoms with Gasteiger partial charge in [0.25, 0.3) is 0 Å². The monoisotopic (exact) mass is 498 g/mol. The summed E-state index contributed by atoms with van der Waals surface area (Å²) in [7, 11) is 0. The smallest absolute Gasteiger partial charge is 0.0900 e. The molecule has 0 heterocycles. The van der Waals surface area contributed by atoms with E-state index in [2.05, 4.69) is 144 Å². The summed E-state index contributed by atoms with van der Waals surface area (Å²) in [5.41, 5.74) is 8.51. The van der Waals surface area contributed by atoms with Crippen LogP contribution >= 0.6 is 0 Å². The molecule has 2 heteroatoms. The molecule has 5 aromatic rings. The standard InChI is InChI=1S/C36H38N2/c1-23(2)30-18-12-19-31(24(3)4)36(30)38-35(32-17-10-7-13-25(32)5)26(6)37-34-20-11-16-29-21-27-14-8-9-15-28(27)22-33(29)34/h7-24,35,38H,1-6H3. The number of fused-ring (bicyclic) bond motifs is 2. The van der Waals surface area contributed by atoms with Crippen molar-refractivity contribution in [2.75, 3.05) is 5.32 Å². The Hall–Kier alpha value is -3.91. The van der Waals surface area contributed by atoms with Gasteiger partial charge in [0.2, 0.25) is 0 Å². The van der Waals surface area contributed by atoms with E-state index in [-0.39, 0.29) is 6.04 Å². The molecule has 0 amide bonds. The predicted molar refractivity (Wildman–Crippen MR) is 166 cm³/mol. The molecule has 0 saturated heterocycles. The van der Waals surface area contributed by atoms with E-state index < -0.39 is 0 Å². The molecule has 0 fully saturated rings. The first-order valence-corrected chi connectivity index (χ1v) is 13.7. The first-order valence-electron chi connectivity index (χ1n) is 13.7. The molecule has 0 saturated carbocycles. The molecule has 0 aliphatic rings. The number of hydrogen-bond donors (Lipinski definition) is 1. The molecule has 0 aliphatic carbocycles. The molecule has 0 radical (unpaired) electrons. The van der Waals surface area contributed by atoms with Gasteiger partial charge in [-0.1, -0.05) is 107 Å². The number of anilines is 1. The summed E-state index contributed by atoms with van der Waals surface area (Å²) in [5.74, 6) is 0.828. The van der Waals surface area contributed by atoms with Crippen LogP contribution in [0.4, 0.5) is 11.4 Å². The van der Waals surface area contributed by atoms with Gasteiger partial charge < -0.3 is 5.32 Å². The number of benzene rings is 5. The van der Waals surface area contributed by atoms with Gasteiger partial charge in [0.15, 0.2) is 0 Å². The molecule has 38 heavy (non-hydrogen) atoms. The molecule has 0 spiro atoms. The summed E-state index contributed by atoms with van der Waals surface area (Å²) in [6.45, 7) is 13.4. The van der Waals surface area contributed by atoms with Gasteiger partial charge in [-0.2, -0.15) is 0 Å². The Labute approximate surface area is 227 Å². The molecule has 2 nitrogen and oxygen atoms in total. The zero-order valence-electron chi connectivity index (χ0n) is 23.4. The lowest BCUT2D eigenvalue weighted by atomic mass is 9.90. The highest BCUT2D eigenvalue weighted by Gasteiger charge is 2.22. The molecule has 0 aliphatic heterocycles. The molecule has 0 bridgehead atoms. The van der Waals surface area contributed by atoms with Crippen LogP contribution in [-0.2, 0) is 0 Å². The number of nitrogens with zero attached hydrogens (tertiary/aromatic N) is 1. The van der Waals surface area contributed by atoms with Crippen molar-refractivity contribution in [3.05, 3.63) is 119 Å². The van der Waals surface area contributed by atoms with Gasteiger partial charge in [-0.25, -0.2) is 0 Å². The Morgan fingerprint density at radius 1 is 0.632 bits per heavy atom. The van der Waals surface area contributed by atoms with Crippen molar-refractivity contribution in [1.82, 2.24) is 0 Å². The van der Waals surface area contributed by atoms with E-state index in [0.29, 0.717) is 11.8 Å². The van der Waals surface area contributed by atoms with Crippen LogP contribution in [0.3, 0.4) is 0 Å². The third kappa shape index (κ3) is 5.09. The van der Waals surface area contributed by atoms with Crippen molar-refractivity contribution in [3.63, 3.8) is 0 Å². The number of nitrogens with one attached hydrogen (secondary N) is 1. The zero-order chi connectivity index (χ0) is 26.8. The van der Waals surface area contributed by atoms with Gasteiger partial charge >= 0.3 is 0 Å². The van der Waals surface area contributed by atoms with Crippen molar-refractivity contribution in [2.45, 2.75) is 59.4 Å². The van der Waals surface area contributed by atoms with Gasteiger partial charge in [-0.05, 0) is 82.3 Å². The number of hydrogen-bond acceptors (Lipinski definition) is 2. The van der Waals surface area contributed by atoms with E-state index in [4.69, 9.17) is 4.99 Å². The SMILES string of the molecule is CC(=Nc1cccc2cc3ccccc3cc12)C(Nc1c(C(C)C)cccc1C(C)C)c1ccccc1C. The van der Waals surface area contributed by atoms with Crippen LogP contribution in [0, 0.1) is 6.92 Å². The Morgan fingerprint density at radius 3 is 1.84 bits per heavy atom. The third-order valence-corrected chi connectivity index (χ3v) is 7.60. The fourth-order valence-electron chi connectivity index (χ4n) is 5.48. The van der Waals surface area contributed by atoms with Crippen LogP contribution in [0.5, 0.6) is 0 Å². The maximum Gasteiger partial charge on any atom is 0.0900 e. The summed E-state index contributed by atoms with van der Waals surface area (Å²) in [6, 6.07) is 34.9. The van der Waals surface area contributed by atoms with Crippen molar-refractivity contribution in [1.29, 1.82) is 0 Å². The Bertz CT molecular complexity index is 1600. The highest BCUT2D eigenvalue weighted by molar-refractivity contribution is 6.05. The first kappa shape index (κ1) is 25.7. The maximum absolute atomic E-state index is 5.31. The van der Waals surface area contributed by atoms with E-state index in [1.807, 2.05) is 0 Å². The van der Waals surface area contributed by atoms with Gasteiger partial charge in [0.05, 0.1) is 11.7 Å². The second-order valence-corrected chi connectivity index (χ2v) is 11.0. The van der Waals surface area contributed by atoms with E-state index in [0.717, 1.165) is 11.4 Å². The second-order valence-electron chi connectivity index (χ2n) is 11.0. The number of aliphatic imine (C=N–C) groups is 1. The highest BCUT2D eigenvalue weighted by Crippen LogP contribution is 2.37. The van der Waals surface area contributed by atoms with Crippen LogP contribution in [0.15, 0.2) is 102 Å². The molecule has 1 atom stereocenters. The minimum absolute atomic E-state index is 0.0516. The summed E-state index contributed by atoms with van der Waals surface area (Å²) in [4.78, 5) is 5.31. The van der Waals surface area contributed by atoms with Gasteiger partial charge in [0.1, 0.15) is 0 Å². The topological polar surface area (TPSA) is 24.4 Å². The maximum atomic E-state index is 5.31. The van der Waals surface area contributed by atoms with E-state index >= 15 is 0 Å². The molecule has 5 rings (SSSR count). The number of aryl methyl sites for hydroxylation is 1. The largest absolute Gasteiger partial charge is 0.373 e. The average molecular weight is 499 g/mol.